The fourth-order valence-electron chi connectivity index (χ4n) is 1.17. The summed E-state index contributed by atoms with van der Waals surface area (Å²) in [4.78, 5) is 10.8. The molecule has 0 unspecified atom stereocenters. The number of hydrogen-bond acceptors (Lipinski definition) is 2. The molecule has 1 heterocycles. The van der Waals surface area contributed by atoms with Gasteiger partial charge in [0.15, 0.2) is 0 Å². The van der Waals surface area contributed by atoms with E-state index in [1.165, 1.54) is 0 Å². The van der Waals surface area contributed by atoms with E-state index in [1.54, 1.807) is 0 Å². The summed E-state index contributed by atoms with van der Waals surface area (Å²) >= 11 is 0. The molecule has 0 amide bonds. The highest BCUT2D eigenvalue weighted by molar-refractivity contribution is 5.74. The van der Waals surface area contributed by atoms with Gasteiger partial charge in [0.05, 0.1) is 12.0 Å². The molecule has 2 heteroatoms. The molecule has 0 spiro atoms. The van der Waals surface area contributed by atoms with E-state index in [-0.39, 0.29) is 18.0 Å². The first-order chi connectivity index (χ1) is 4.24. The van der Waals surface area contributed by atoms with E-state index in [4.69, 9.17) is 4.74 Å². The van der Waals surface area contributed by atoms with Crippen molar-refractivity contribution in [2.75, 3.05) is 0 Å². The van der Waals surface area contributed by atoms with Crippen molar-refractivity contribution in [3.63, 3.8) is 0 Å². The van der Waals surface area contributed by atoms with Crippen LogP contribution in [0.4, 0.5) is 0 Å². The van der Waals surface area contributed by atoms with Crippen LogP contribution in [0.5, 0.6) is 0 Å². The van der Waals surface area contributed by atoms with Gasteiger partial charge in [0.25, 0.3) is 0 Å². The number of rotatable bonds is 1. The van der Waals surface area contributed by atoms with Crippen LogP contribution in [0, 0.1) is 5.92 Å². The lowest BCUT2D eigenvalue weighted by Gasteiger charge is -1.95. The smallest absolute Gasteiger partial charge is 0.309 e. The number of carbonyl (C=O) groups excluding carboxylic acids is 1. The average Bonchev–Trinajstić information content (AvgIpc) is 2.10. The second-order valence-corrected chi connectivity index (χ2v) is 2.59. The average molecular weight is 128 g/mol. The highest BCUT2D eigenvalue weighted by Gasteiger charge is 2.29. The van der Waals surface area contributed by atoms with Gasteiger partial charge in [-0.1, -0.05) is 6.92 Å². The third-order valence-electron chi connectivity index (χ3n) is 1.76. The molecule has 0 bridgehead atoms. The summed E-state index contributed by atoms with van der Waals surface area (Å²) in [6, 6.07) is 0. The lowest BCUT2D eigenvalue weighted by molar-refractivity contribution is -0.143. The van der Waals surface area contributed by atoms with E-state index >= 15 is 0 Å². The Morgan fingerprint density at radius 1 is 1.78 bits per heavy atom. The normalized spacial score (nSPS) is 34.7. The molecule has 0 aromatic rings. The van der Waals surface area contributed by atoms with Gasteiger partial charge < -0.3 is 4.74 Å². The summed E-state index contributed by atoms with van der Waals surface area (Å²) in [5.41, 5.74) is 0. The molecule has 0 aromatic heterocycles. The van der Waals surface area contributed by atoms with Crippen LogP contribution in [-0.2, 0) is 9.53 Å². The summed E-state index contributed by atoms with van der Waals surface area (Å²) in [7, 11) is 0. The molecule has 0 saturated carbocycles. The number of ether oxygens (including phenoxy) is 1. The SMILES string of the molecule is CC[C@@H]1C[C@@H](C)OC1=O. The Morgan fingerprint density at radius 2 is 2.44 bits per heavy atom. The van der Waals surface area contributed by atoms with E-state index in [9.17, 15) is 4.79 Å². The van der Waals surface area contributed by atoms with Crippen molar-refractivity contribution in [1.29, 1.82) is 0 Å². The van der Waals surface area contributed by atoms with Crippen LogP contribution in [0.3, 0.4) is 0 Å². The van der Waals surface area contributed by atoms with Crippen LogP contribution < -0.4 is 0 Å². The second-order valence-electron chi connectivity index (χ2n) is 2.59. The van der Waals surface area contributed by atoms with Crippen molar-refractivity contribution >= 4 is 5.97 Å². The van der Waals surface area contributed by atoms with E-state index in [2.05, 4.69) is 0 Å². The van der Waals surface area contributed by atoms with Gasteiger partial charge in [-0.25, -0.2) is 0 Å². The van der Waals surface area contributed by atoms with Crippen LogP contribution in [0.1, 0.15) is 26.7 Å². The van der Waals surface area contributed by atoms with Crippen molar-refractivity contribution in [3.8, 4) is 0 Å². The van der Waals surface area contributed by atoms with Crippen molar-refractivity contribution in [3.05, 3.63) is 0 Å². The molecule has 0 aromatic carbocycles. The number of carbonyl (C=O) groups is 1. The molecule has 1 rings (SSSR count). The van der Waals surface area contributed by atoms with Gasteiger partial charge in [0, 0.05) is 0 Å². The van der Waals surface area contributed by atoms with Gasteiger partial charge >= 0.3 is 5.97 Å². The molecule has 0 N–H and O–H groups in total. The van der Waals surface area contributed by atoms with Crippen LogP contribution in [0.2, 0.25) is 0 Å². The number of esters is 1. The Labute approximate surface area is 55.2 Å². The Bertz CT molecular complexity index is 120. The predicted octanol–water partition coefficient (Wildman–Crippen LogP) is 1.35. The largest absolute Gasteiger partial charge is 0.462 e. The highest BCUT2D eigenvalue weighted by Crippen LogP contribution is 2.22. The predicted molar refractivity (Wildman–Crippen MR) is 34.0 cm³/mol. The minimum Gasteiger partial charge on any atom is -0.462 e. The van der Waals surface area contributed by atoms with E-state index in [0.29, 0.717) is 0 Å². The topological polar surface area (TPSA) is 26.3 Å². The minimum absolute atomic E-state index is 0.00926. The van der Waals surface area contributed by atoms with Crippen molar-refractivity contribution in [1.82, 2.24) is 0 Å². The van der Waals surface area contributed by atoms with Gasteiger partial charge in [-0.05, 0) is 19.8 Å². The van der Waals surface area contributed by atoms with Gasteiger partial charge in [0.2, 0.25) is 0 Å². The molecule has 2 atom stereocenters. The quantitative estimate of drug-likeness (QED) is 0.498. The van der Waals surface area contributed by atoms with Crippen LogP contribution in [-0.4, -0.2) is 12.1 Å². The fraction of sp³-hybridized carbons (Fsp3) is 0.857. The summed E-state index contributed by atoms with van der Waals surface area (Å²) in [5, 5.41) is 0. The molecule has 1 saturated heterocycles. The third-order valence-corrected chi connectivity index (χ3v) is 1.76. The van der Waals surface area contributed by atoms with Gasteiger partial charge in [0.1, 0.15) is 0 Å². The Kier molecular flexibility index (Phi) is 1.74. The first-order valence-electron chi connectivity index (χ1n) is 3.44. The molecule has 1 fully saturated rings. The van der Waals surface area contributed by atoms with Crippen LogP contribution >= 0.6 is 0 Å². The monoisotopic (exact) mass is 128 g/mol. The Morgan fingerprint density at radius 3 is 2.67 bits per heavy atom. The number of cyclic esters (lactones) is 1. The summed E-state index contributed by atoms with van der Waals surface area (Å²) in [6.07, 6.45) is 1.99. The fourth-order valence-corrected chi connectivity index (χ4v) is 1.17. The molecule has 1 aliphatic heterocycles. The maximum Gasteiger partial charge on any atom is 0.309 e. The molecular weight excluding hydrogens is 116 g/mol. The molecule has 52 valence electrons. The van der Waals surface area contributed by atoms with Crippen molar-refractivity contribution in [2.24, 2.45) is 5.92 Å². The molecule has 0 aliphatic carbocycles. The summed E-state index contributed by atoms with van der Waals surface area (Å²) in [5.74, 6) is 0.171. The summed E-state index contributed by atoms with van der Waals surface area (Å²) < 4.78 is 4.93. The van der Waals surface area contributed by atoms with Crippen LogP contribution in [0.25, 0.3) is 0 Å². The standard InChI is InChI=1S/C7H12O2/c1-3-6-4-5(2)9-7(6)8/h5-6H,3-4H2,1-2H3/t5-,6-/m1/s1. The number of hydrogen-bond donors (Lipinski definition) is 0. The zero-order valence-corrected chi connectivity index (χ0v) is 5.89. The molecular formula is C7H12O2. The zero-order chi connectivity index (χ0) is 6.85. The van der Waals surface area contributed by atoms with E-state index in [0.717, 1.165) is 12.8 Å². The lowest BCUT2D eigenvalue weighted by atomic mass is 10.0. The first-order valence-corrected chi connectivity index (χ1v) is 3.44. The van der Waals surface area contributed by atoms with Gasteiger partial charge in [-0.3, -0.25) is 4.79 Å². The maximum absolute atomic E-state index is 10.8. The van der Waals surface area contributed by atoms with Crippen molar-refractivity contribution < 1.29 is 9.53 Å². The third kappa shape index (κ3) is 1.23. The molecule has 9 heavy (non-hydrogen) atoms. The molecule has 0 radical (unpaired) electrons. The molecule has 1 aliphatic rings. The Hall–Kier alpha value is -0.530. The lowest BCUT2D eigenvalue weighted by Crippen LogP contribution is -2.05. The first kappa shape index (κ1) is 6.59. The maximum atomic E-state index is 10.8. The molecule has 2 nitrogen and oxygen atoms in total. The van der Waals surface area contributed by atoms with Crippen LogP contribution in [0.15, 0.2) is 0 Å². The van der Waals surface area contributed by atoms with E-state index in [1.807, 2.05) is 13.8 Å². The highest BCUT2D eigenvalue weighted by atomic mass is 16.5. The van der Waals surface area contributed by atoms with E-state index < -0.39 is 0 Å². The zero-order valence-electron chi connectivity index (χ0n) is 5.89. The van der Waals surface area contributed by atoms with Gasteiger partial charge in [-0.2, -0.15) is 0 Å². The second kappa shape index (κ2) is 2.38. The Balaban J connectivity index is 2.48. The van der Waals surface area contributed by atoms with Gasteiger partial charge in [-0.15, -0.1) is 0 Å². The van der Waals surface area contributed by atoms with Crippen molar-refractivity contribution in [2.45, 2.75) is 32.8 Å². The minimum atomic E-state index is -0.00926. The summed E-state index contributed by atoms with van der Waals surface area (Å²) in [6.45, 7) is 3.96.